The molecule has 0 saturated heterocycles. The number of rotatable bonds is 2. The number of carbonyl (C=O) groups is 3. The van der Waals surface area contributed by atoms with E-state index in [1.165, 1.54) is 0 Å². The predicted molar refractivity (Wildman–Crippen MR) is 130 cm³/mol. The second-order valence-electron chi connectivity index (χ2n) is 7.09. The molecule has 0 fully saturated rings. The Morgan fingerprint density at radius 1 is 0.844 bits per heavy atom. The number of anilines is 2. The van der Waals surface area contributed by atoms with Gasteiger partial charge in [-0.05, 0) is 47.5 Å². The first-order valence-corrected chi connectivity index (χ1v) is 11.1. The van der Waals surface area contributed by atoms with Crippen molar-refractivity contribution in [2.24, 2.45) is 0 Å². The summed E-state index contributed by atoms with van der Waals surface area (Å²) in [6.07, 6.45) is 0.509. The summed E-state index contributed by atoms with van der Waals surface area (Å²) in [6, 6.07) is 19.7. The van der Waals surface area contributed by atoms with Crippen molar-refractivity contribution < 1.29 is 19.5 Å². The van der Waals surface area contributed by atoms with Crippen molar-refractivity contribution in [2.75, 3.05) is 10.6 Å². The van der Waals surface area contributed by atoms with Crippen molar-refractivity contribution in [1.82, 2.24) is 0 Å². The third-order valence-corrected chi connectivity index (χ3v) is 5.93. The summed E-state index contributed by atoms with van der Waals surface area (Å²) >= 11 is 6.69. The highest BCUT2D eigenvalue weighted by Crippen LogP contribution is 2.38. The third-order valence-electron chi connectivity index (χ3n) is 4.94. The average Bonchev–Trinajstić information content (AvgIpc) is 3.27. The zero-order chi connectivity index (χ0) is 22.8. The standard InChI is InChI=1S/C16H10BrNO3.C8H6BrNO/c17-10-6-7-12-11(8-10)14(15(19)18-12)13(16(20)21)9-4-2-1-3-5-9;9-6-1-2-7-5(3-6)4-8(11)10-7/h1-8H,(H,18,19)(H,20,21);1-3H,4H2,(H,10,11). The highest BCUT2D eigenvalue weighted by atomic mass is 79.9. The first-order valence-electron chi connectivity index (χ1n) is 9.56. The molecule has 0 radical (unpaired) electrons. The van der Waals surface area contributed by atoms with E-state index in [1.54, 1.807) is 48.5 Å². The minimum atomic E-state index is -1.13. The van der Waals surface area contributed by atoms with Gasteiger partial charge in [-0.1, -0.05) is 62.2 Å². The largest absolute Gasteiger partial charge is 0.478 e. The zero-order valence-corrected chi connectivity index (χ0v) is 19.7. The summed E-state index contributed by atoms with van der Waals surface area (Å²) in [6.45, 7) is 0. The molecule has 2 amide bonds. The summed E-state index contributed by atoms with van der Waals surface area (Å²) in [4.78, 5) is 34.8. The van der Waals surface area contributed by atoms with Crippen molar-refractivity contribution in [3.05, 3.63) is 92.4 Å². The van der Waals surface area contributed by atoms with E-state index in [1.807, 2.05) is 18.2 Å². The van der Waals surface area contributed by atoms with E-state index in [0.29, 0.717) is 23.2 Å². The van der Waals surface area contributed by atoms with Crippen LogP contribution in [-0.4, -0.2) is 22.9 Å². The second-order valence-corrected chi connectivity index (χ2v) is 8.92. The first-order chi connectivity index (χ1) is 15.3. The van der Waals surface area contributed by atoms with Crippen LogP contribution in [0.2, 0.25) is 0 Å². The molecule has 0 bridgehead atoms. The minimum absolute atomic E-state index is 0.00458. The monoisotopic (exact) mass is 554 g/mol. The lowest BCUT2D eigenvalue weighted by molar-refractivity contribution is -0.130. The van der Waals surface area contributed by atoms with E-state index in [0.717, 1.165) is 20.2 Å². The molecule has 2 aliphatic rings. The van der Waals surface area contributed by atoms with Crippen LogP contribution < -0.4 is 10.6 Å². The van der Waals surface area contributed by atoms with Crippen molar-refractivity contribution in [1.29, 1.82) is 0 Å². The molecule has 2 aliphatic heterocycles. The number of aliphatic carboxylic acids is 1. The quantitative estimate of drug-likeness (QED) is 0.372. The van der Waals surface area contributed by atoms with E-state index in [4.69, 9.17) is 0 Å². The van der Waals surface area contributed by atoms with Crippen molar-refractivity contribution in [3.63, 3.8) is 0 Å². The molecule has 0 unspecified atom stereocenters. The molecule has 3 aromatic carbocycles. The van der Waals surface area contributed by atoms with Gasteiger partial charge in [-0.3, -0.25) is 9.59 Å². The first kappa shape index (κ1) is 22.0. The van der Waals surface area contributed by atoms with Gasteiger partial charge in [-0.15, -0.1) is 0 Å². The number of nitrogens with one attached hydrogen (secondary N) is 2. The van der Waals surface area contributed by atoms with Gasteiger partial charge in [0.15, 0.2) is 0 Å². The van der Waals surface area contributed by atoms with E-state index >= 15 is 0 Å². The van der Waals surface area contributed by atoms with Crippen molar-refractivity contribution >= 4 is 72.2 Å². The Kier molecular flexibility index (Phi) is 6.25. The average molecular weight is 556 g/mol. The van der Waals surface area contributed by atoms with Gasteiger partial charge in [0.25, 0.3) is 5.91 Å². The van der Waals surface area contributed by atoms with Crippen LogP contribution >= 0.6 is 31.9 Å². The third kappa shape index (κ3) is 4.51. The topological polar surface area (TPSA) is 95.5 Å². The van der Waals surface area contributed by atoms with Gasteiger partial charge in [-0.2, -0.15) is 0 Å². The van der Waals surface area contributed by atoms with Crippen LogP contribution in [0.5, 0.6) is 0 Å². The van der Waals surface area contributed by atoms with Gasteiger partial charge in [0.2, 0.25) is 5.91 Å². The number of benzene rings is 3. The second kappa shape index (κ2) is 9.10. The summed E-state index contributed by atoms with van der Waals surface area (Å²) < 4.78 is 1.81. The maximum absolute atomic E-state index is 12.2. The Morgan fingerprint density at radius 2 is 1.50 bits per heavy atom. The normalized spacial score (nSPS) is 15.1. The lowest BCUT2D eigenvalue weighted by Gasteiger charge is -2.07. The van der Waals surface area contributed by atoms with Crippen LogP contribution in [0.3, 0.4) is 0 Å². The molecular formula is C24H16Br2N2O4. The molecule has 8 heteroatoms. The van der Waals surface area contributed by atoms with Crippen LogP contribution in [0.15, 0.2) is 75.7 Å². The Balaban J connectivity index is 0.000000186. The summed E-state index contributed by atoms with van der Waals surface area (Å²) in [5.41, 5.74) is 3.92. The van der Waals surface area contributed by atoms with E-state index < -0.39 is 11.9 Å². The molecule has 0 aliphatic carbocycles. The fraction of sp³-hybridized carbons (Fsp3) is 0.0417. The van der Waals surface area contributed by atoms with E-state index in [-0.39, 0.29) is 17.1 Å². The van der Waals surface area contributed by atoms with Gasteiger partial charge in [0.05, 0.1) is 17.6 Å². The highest BCUT2D eigenvalue weighted by Gasteiger charge is 2.31. The van der Waals surface area contributed by atoms with Gasteiger partial charge < -0.3 is 15.7 Å². The smallest absolute Gasteiger partial charge is 0.337 e. The molecule has 160 valence electrons. The van der Waals surface area contributed by atoms with Crippen molar-refractivity contribution in [2.45, 2.75) is 6.42 Å². The van der Waals surface area contributed by atoms with Gasteiger partial charge in [0, 0.05) is 25.9 Å². The van der Waals surface area contributed by atoms with Crippen LogP contribution in [0.25, 0.3) is 11.1 Å². The number of carboxylic acid groups (broad SMARTS) is 1. The molecule has 6 nitrogen and oxygen atoms in total. The summed E-state index contributed by atoms with van der Waals surface area (Å²) in [7, 11) is 0. The molecule has 0 saturated carbocycles. The summed E-state index contributed by atoms with van der Waals surface area (Å²) in [5.74, 6) is -1.44. The van der Waals surface area contributed by atoms with Gasteiger partial charge >= 0.3 is 5.97 Å². The van der Waals surface area contributed by atoms with Crippen LogP contribution in [0.4, 0.5) is 11.4 Å². The molecule has 5 rings (SSSR count). The SMILES string of the molecule is O=C(O)C(=C1C(=O)Nc2ccc(Br)cc21)c1ccccc1.O=C1Cc2cc(Br)ccc2N1. The number of hydrogen-bond acceptors (Lipinski definition) is 3. The molecule has 0 spiro atoms. The fourth-order valence-electron chi connectivity index (χ4n) is 3.57. The zero-order valence-electron chi connectivity index (χ0n) is 16.5. The van der Waals surface area contributed by atoms with Gasteiger partial charge in [0.1, 0.15) is 0 Å². The molecule has 0 aromatic heterocycles. The molecule has 0 atom stereocenters. The lowest BCUT2D eigenvalue weighted by atomic mass is 9.95. The molecule has 3 N–H and O–H groups in total. The molecular weight excluding hydrogens is 540 g/mol. The number of hydrogen-bond donors (Lipinski definition) is 3. The number of carboxylic acids is 1. The minimum Gasteiger partial charge on any atom is -0.478 e. The summed E-state index contributed by atoms with van der Waals surface area (Å²) in [5, 5.41) is 15.0. The van der Waals surface area contributed by atoms with Gasteiger partial charge in [-0.25, -0.2) is 4.79 Å². The molecule has 2 heterocycles. The van der Waals surface area contributed by atoms with Crippen molar-refractivity contribution in [3.8, 4) is 0 Å². The van der Waals surface area contributed by atoms with Crippen LogP contribution in [-0.2, 0) is 20.8 Å². The maximum atomic E-state index is 12.2. The fourth-order valence-corrected chi connectivity index (χ4v) is 4.33. The predicted octanol–water partition coefficient (Wildman–Crippen LogP) is 5.34. The lowest BCUT2D eigenvalue weighted by Crippen LogP contribution is -2.10. The maximum Gasteiger partial charge on any atom is 0.337 e. The van der Waals surface area contributed by atoms with Crippen LogP contribution in [0.1, 0.15) is 16.7 Å². The van der Waals surface area contributed by atoms with E-state index in [9.17, 15) is 19.5 Å². The Bertz CT molecular complexity index is 1290. The Hall–Kier alpha value is -3.23. The Morgan fingerprint density at radius 3 is 2.19 bits per heavy atom. The number of halogens is 2. The number of fused-ring (bicyclic) bond motifs is 2. The molecule has 32 heavy (non-hydrogen) atoms. The highest BCUT2D eigenvalue weighted by molar-refractivity contribution is 9.10. The van der Waals surface area contributed by atoms with E-state index in [2.05, 4.69) is 42.5 Å². The van der Waals surface area contributed by atoms with Crippen LogP contribution in [0, 0.1) is 0 Å². The number of carbonyl (C=O) groups excluding carboxylic acids is 2. The number of amides is 2. The molecule has 3 aromatic rings. The Labute approximate surface area is 200 Å².